The van der Waals surface area contributed by atoms with E-state index in [-0.39, 0.29) is 11.4 Å². The fourth-order valence-corrected chi connectivity index (χ4v) is 3.72. The van der Waals surface area contributed by atoms with Gasteiger partial charge in [0.1, 0.15) is 11.6 Å². The minimum Gasteiger partial charge on any atom is -0.329 e. The van der Waals surface area contributed by atoms with Crippen molar-refractivity contribution in [2.24, 2.45) is 0 Å². The summed E-state index contributed by atoms with van der Waals surface area (Å²) in [4.78, 5) is 19.6. The first-order chi connectivity index (χ1) is 14.3. The Labute approximate surface area is 178 Å². The third-order valence-electron chi connectivity index (χ3n) is 5.33. The van der Waals surface area contributed by atoms with E-state index in [4.69, 9.17) is 0 Å². The lowest BCUT2D eigenvalue weighted by atomic mass is 10.1. The van der Waals surface area contributed by atoms with Crippen LogP contribution in [0.3, 0.4) is 0 Å². The van der Waals surface area contributed by atoms with Crippen LogP contribution in [0.5, 0.6) is 0 Å². The Morgan fingerprint density at radius 1 is 1.10 bits per heavy atom. The molecule has 0 saturated heterocycles. The van der Waals surface area contributed by atoms with Gasteiger partial charge in [0, 0.05) is 23.5 Å². The van der Waals surface area contributed by atoms with Gasteiger partial charge in [0.2, 0.25) is 0 Å². The predicted molar refractivity (Wildman–Crippen MR) is 120 cm³/mol. The average Bonchev–Trinajstić information content (AvgIpc) is 3.16. The van der Waals surface area contributed by atoms with E-state index in [1.807, 2.05) is 49.4 Å². The highest BCUT2D eigenvalue weighted by atomic mass is 16.1. The molecular weight excluding hydrogens is 372 g/mol. The minimum absolute atomic E-state index is 0.0840. The number of carbonyl (C=O) groups is 1. The van der Waals surface area contributed by atoms with E-state index in [2.05, 4.69) is 58.9 Å². The monoisotopic (exact) mass is 400 g/mol. The summed E-state index contributed by atoms with van der Waals surface area (Å²) in [5.41, 5.74) is 3.89. The molecule has 2 aromatic heterocycles. The van der Waals surface area contributed by atoms with E-state index in [0.29, 0.717) is 12.1 Å². The molecule has 0 radical (unpaired) electrons. The van der Waals surface area contributed by atoms with Gasteiger partial charge in [-0.1, -0.05) is 23.8 Å². The van der Waals surface area contributed by atoms with Crippen molar-refractivity contribution in [2.45, 2.75) is 46.2 Å². The Hall–Kier alpha value is -3.34. The van der Waals surface area contributed by atoms with Gasteiger partial charge in [-0.05, 0) is 76.1 Å². The van der Waals surface area contributed by atoms with Crippen LogP contribution in [0.4, 0.5) is 5.82 Å². The standard InChI is InChI=1S/C25H28N4O/c1-18-8-10-19(11-9-18)23(30)27-22-13-12-20-14-16-29(25(2,3)4)24(20)28(22)17-21-7-5-6-15-26-21/h5-11,13-16H,12,17H2,1-4H3,(H,27,30). The van der Waals surface area contributed by atoms with Crippen LogP contribution in [-0.4, -0.2) is 15.5 Å². The maximum Gasteiger partial charge on any atom is 0.256 e. The first-order valence-corrected chi connectivity index (χ1v) is 10.3. The number of pyridine rings is 1. The number of hydrogen-bond acceptors (Lipinski definition) is 3. The molecule has 30 heavy (non-hydrogen) atoms. The van der Waals surface area contributed by atoms with Crippen molar-refractivity contribution in [3.8, 4) is 0 Å². The number of hydrogen-bond donors (Lipinski definition) is 1. The fraction of sp³-hybridized carbons (Fsp3) is 0.280. The van der Waals surface area contributed by atoms with Gasteiger partial charge < -0.3 is 14.8 Å². The molecule has 0 unspecified atom stereocenters. The summed E-state index contributed by atoms with van der Waals surface area (Å²) in [6, 6.07) is 15.7. The molecule has 0 atom stereocenters. The van der Waals surface area contributed by atoms with Crippen molar-refractivity contribution >= 4 is 11.7 Å². The molecule has 1 aliphatic heterocycles. The van der Waals surface area contributed by atoms with Gasteiger partial charge in [0.15, 0.2) is 0 Å². The number of allylic oxidation sites excluding steroid dienone is 1. The van der Waals surface area contributed by atoms with Gasteiger partial charge >= 0.3 is 0 Å². The quantitative estimate of drug-likeness (QED) is 0.686. The Balaban J connectivity index is 1.70. The molecule has 154 valence electrons. The van der Waals surface area contributed by atoms with Crippen molar-refractivity contribution in [1.29, 1.82) is 0 Å². The molecule has 4 rings (SSSR count). The number of fused-ring (bicyclic) bond motifs is 1. The van der Waals surface area contributed by atoms with Crippen LogP contribution in [0.1, 0.15) is 48.0 Å². The lowest BCUT2D eigenvalue weighted by Crippen LogP contribution is -2.39. The summed E-state index contributed by atoms with van der Waals surface area (Å²) in [6.07, 6.45) is 6.80. The molecule has 0 fully saturated rings. The number of aromatic nitrogens is 2. The summed E-state index contributed by atoms with van der Waals surface area (Å²) < 4.78 is 2.27. The van der Waals surface area contributed by atoms with Gasteiger partial charge in [-0.25, -0.2) is 0 Å². The van der Waals surface area contributed by atoms with Crippen LogP contribution >= 0.6 is 0 Å². The number of rotatable bonds is 4. The number of carbonyl (C=O) groups excluding carboxylic acids is 1. The molecule has 1 N–H and O–H groups in total. The summed E-state index contributed by atoms with van der Waals surface area (Å²) in [6.45, 7) is 9.16. The molecule has 0 spiro atoms. The normalized spacial score (nSPS) is 13.6. The molecular formula is C25H28N4O. The zero-order chi connectivity index (χ0) is 21.3. The number of benzene rings is 1. The fourth-order valence-electron chi connectivity index (χ4n) is 3.72. The van der Waals surface area contributed by atoms with Crippen LogP contribution in [0.15, 0.2) is 72.8 Å². The number of nitrogens with zero attached hydrogens (tertiary/aromatic N) is 3. The molecule has 0 saturated carbocycles. The summed E-state index contributed by atoms with van der Waals surface area (Å²) in [5.74, 6) is 1.79. The van der Waals surface area contributed by atoms with Crippen LogP contribution in [0.25, 0.3) is 0 Å². The van der Waals surface area contributed by atoms with E-state index in [9.17, 15) is 4.79 Å². The Morgan fingerprint density at radius 3 is 2.53 bits per heavy atom. The maximum absolute atomic E-state index is 13.0. The van der Waals surface area contributed by atoms with Gasteiger partial charge in [0.25, 0.3) is 5.91 Å². The van der Waals surface area contributed by atoms with Crippen molar-refractivity contribution in [2.75, 3.05) is 4.90 Å². The Kier molecular flexibility index (Phi) is 5.20. The molecule has 0 bridgehead atoms. The minimum atomic E-state index is -0.107. The molecule has 1 aromatic carbocycles. The number of aryl methyl sites for hydroxylation is 1. The Morgan fingerprint density at radius 2 is 1.87 bits per heavy atom. The topological polar surface area (TPSA) is 50.2 Å². The highest BCUT2D eigenvalue weighted by molar-refractivity contribution is 5.95. The van der Waals surface area contributed by atoms with E-state index >= 15 is 0 Å². The van der Waals surface area contributed by atoms with Gasteiger partial charge in [-0.3, -0.25) is 9.78 Å². The SMILES string of the molecule is Cc1ccc(C(=O)NC2=CCc3ccn(C(C)(C)C)c3N2Cc2ccccn2)cc1. The highest BCUT2D eigenvalue weighted by Gasteiger charge is 2.29. The van der Waals surface area contributed by atoms with E-state index in [0.717, 1.165) is 29.3 Å². The second kappa shape index (κ2) is 7.82. The second-order valence-electron chi connectivity index (χ2n) is 8.73. The Bertz CT molecular complexity index is 1070. The summed E-state index contributed by atoms with van der Waals surface area (Å²) in [7, 11) is 0. The van der Waals surface area contributed by atoms with Crippen LogP contribution in [-0.2, 0) is 18.5 Å². The molecule has 0 aliphatic carbocycles. The molecule has 5 nitrogen and oxygen atoms in total. The highest BCUT2D eigenvalue weighted by Crippen LogP contribution is 2.35. The van der Waals surface area contributed by atoms with Gasteiger partial charge in [-0.15, -0.1) is 0 Å². The van der Waals surface area contributed by atoms with Crippen molar-refractivity contribution in [3.05, 3.63) is 95.2 Å². The van der Waals surface area contributed by atoms with Crippen LogP contribution < -0.4 is 10.2 Å². The average molecular weight is 401 g/mol. The van der Waals surface area contributed by atoms with Crippen molar-refractivity contribution in [1.82, 2.24) is 14.9 Å². The molecule has 5 heteroatoms. The first-order valence-electron chi connectivity index (χ1n) is 10.3. The maximum atomic E-state index is 13.0. The van der Waals surface area contributed by atoms with Gasteiger partial charge in [-0.2, -0.15) is 0 Å². The predicted octanol–water partition coefficient (Wildman–Crippen LogP) is 4.78. The number of anilines is 1. The summed E-state index contributed by atoms with van der Waals surface area (Å²) in [5, 5.41) is 3.14. The lowest BCUT2D eigenvalue weighted by Gasteiger charge is -2.36. The third-order valence-corrected chi connectivity index (χ3v) is 5.33. The summed E-state index contributed by atoms with van der Waals surface area (Å²) >= 11 is 0. The molecule has 3 aromatic rings. The smallest absolute Gasteiger partial charge is 0.256 e. The lowest BCUT2D eigenvalue weighted by molar-refractivity contribution is 0.0964. The zero-order valence-corrected chi connectivity index (χ0v) is 18.0. The number of nitrogens with one attached hydrogen (secondary N) is 1. The third kappa shape index (κ3) is 4.01. The van der Waals surface area contributed by atoms with E-state index in [1.165, 1.54) is 5.56 Å². The van der Waals surface area contributed by atoms with E-state index < -0.39 is 0 Å². The zero-order valence-electron chi connectivity index (χ0n) is 18.0. The van der Waals surface area contributed by atoms with Crippen molar-refractivity contribution < 1.29 is 4.79 Å². The first kappa shape index (κ1) is 20.0. The van der Waals surface area contributed by atoms with Crippen molar-refractivity contribution in [3.63, 3.8) is 0 Å². The molecule has 1 amide bonds. The second-order valence-corrected chi connectivity index (χ2v) is 8.73. The molecule has 3 heterocycles. The van der Waals surface area contributed by atoms with Crippen LogP contribution in [0, 0.1) is 6.92 Å². The molecule has 1 aliphatic rings. The van der Waals surface area contributed by atoms with Gasteiger partial charge in [0.05, 0.1) is 12.2 Å². The largest absolute Gasteiger partial charge is 0.329 e. The number of amides is 1. The van der Waals surface area contributed by atoms with E-state index in [1.54, 1.807) is 6.20 Å². The van der Waals surface area contributed by atoms with Crippen LogP contribution in [0.2, 0.25) is 0 Å².